The van der Waals surface area contributed by atoms with Gasteiger partial charge in [-0.25, -0.2) is 4.98 Å². The maximum atomic E-state index is 12.1. The molecule has 4 heterocycles. The van der Waals surface area contributed by atoms with Gasteiger partial charge in [-0.2, -0.15) is 0 Å². The number of hydrogen-bond donors (Lipinski definition) is 2. The number of rotatable bonds is 3. The van der Waals surface area contributed by atoms with Crippen LogP contribution in [0.4, 0.5) is 5.69 Å². The van der Waals surface area contributed by atoms with Gasteiger partial charge in [-0.1, -0.05) is 0 Å². The van der Waals surface area contributed by atoms with Crippen LogP contribution in [0.3, 0.4) is 0 Å². The topological polar surface area (TPSA) is 79.9 Å². The van der Waals surface area contributed by atoms with Gasteiger partial charge in [0.2, 0.25) is 11.7 Å². The van der Waals surface area contributed by atoms with E-state index in [0.717, 1.165) is 22.3 Å². The van der Waals surface area contributed by atoms with Gasteiger partial charge in [0.25, 0.3) is 0 Å². The van der Waals surface area contributed by atoms with E-state index in [1.165, 1.54) is 6.08 Å². The zero-order chi connectivity index (χ0) is 15.6. The standard InChI is InChI=1S/C17H12N4O2/c22-14-8-16(21-12-3-1-5-18-10-12)23-15(14)7-11-9-20-17-13(11)4-2-6-19-17/h1-10,21H,(H,19,20)/b15-7+. The van der Waals surface area contributed by atoms with Crippen LogP contribution in [0.1, 0.15) is 5.56 Å². The Morgan fingerprint density at radius 1 is 1.22 bits per heavy atom. The highest BCUT2D eigenvalue weighted by molar-refractivity contribution is 6.09. The Kier molecular flexibility index (Phi) is 3.12. The molecule has 1 aliphatic rings. The fraction of sp³-hybridized carbons (Fsp3) is 0. The Bertz CT molecular complexity index is 941. The third kappa shape index (κ3) is 2.57. The van der Waals surface area contributed by atoms with Crippen LogP contribution in [0.2, 0.25) is 0 Å². The SMILES string of the molecule is O=C1C=C(Nc2cccnc2)O/C1=C/c1c[nH]c2ncccc12. The minimum Gasteiger partial charge on any atom is -0.437 e. The summed E-state index contributed by atoms with van der Waals surface area (Å²) in [5, 5.41) is 3.95. The second-order valence-corrected chi connectivity index (χ2v) is 4.99. The zero-order valence-corrected chi connectivity index (χ0v) is 12.0. The lowest BCUT2D eigenvalue weighted by Crippen LogP contribution is -1.99. The van der Waals surface area contributed by atoms with Crippen LogP contribution in [-0.2, 0) is 9.53 Å². The lowest BCUT2D eigenvalue weighted by atomic mass is 10.2. The van der Waals surface area contributed by atoms with Crippen LogP contribution in [0.25, 0.3) is 17.1 Å². The number of aromatic amines is 1. The number of allylic oxidation sites excluding steroid dienone is 1. The van der Waals surface area contributed by atoms with Crippen molar-refractivity contribution in [3.8, 4) is 0 Å². The van der Waals surface area contributed by atoms with E-state index in [2.05, 4.69) is 20.3 Å². The molecule has 0 aromatic carbocycles. The third-order valence-electron chi connectivity index (χ3n) is 3.42. The molecule has 2 N–H and O–H groups in total. The van der Waals surface area contributed by atoms with Gasteiger partial charge in [-0.3, -0.25) is 9.78 Å². The van der Waals surface area contributed by atoms with Gasteiger partial charge in [0.05, 0.1) is 18.0 Å². The molecule has 0 bridgehead atoms. The highest BCUT2D eigenvalue weighted by Gasteiger charge is 2.21. The molecule has 3 aromatic rings. The number of nitrogens with zero attached hydrogens (tertiary/aromatic N) is 2. The summed E-state index contributed by atoms with van der Waals surface area (Å²) in [6.07, 6.45) is 9.97. The zero-order valence-electron chi connectivity index (χ0n) is 12.0. The molecule has 0 atom stereocenters. The molecular weight excluding hydrogens is 292 g/mol. The number of nitrogens with one attached hydrogen (secondary N) is 2. The van der Waals surface area contributed by atoms with Gasteiger partial charge in [0.1, 0.15) is 5.65 Å². The molecule has 112 valence electrons. The molecule has 6 heteroatoms. The summed E-state index contributed by atoms with van der Waals surface area (Å²) in [7, 11) is 0. The number of carbonyl (C=O) groups is 1. The molecular formula is C17H12N4O2. The minimum absolute atomic E-state index is 0.186. The average molecular weight is 304 g/mol. The van der Waals surface area contributed by atoms with E-state index in [1.807, 2.05) is 18.2 Å². The highest BCUT2D eigenvalue weighted by Crippen LogP contribution is 2.24. The molecule has 6 nitrogen and oxygen atoms in total. The Labute approximate surface area is 131 Å². The summed E-state index contributed by atoms with van der Waals surface area (Å²) in [5.41, 5.74) is 2.38. The van der Waals surface area contributed by atoms with Gasteiger partial charge in [0, 0.05) is 29.5 Å². The minimum atomic E-state index is -0.186. The van der Waals surface area contributed by atoms with Crippen LogP contribution < -0.4 is 5.32 Å². The maximum absolute atomic E-state index is 12.1. The molecule has 1 aliphatic heterocycles. The van der Waals surface area contributed by atoms with Gasteiger partial charge in [-0.05, 0) is 30.3 Å². The average Bonchev–Trinajstić information content (AvgIpc) is 3.13. The quantitative estimate of drug-likeness (QED) is 0.727. The molecule has 0 amide bonds. The first-order valence-electron chi connectivity index (χ1n) is 7.04. The third-order valence-corrected chi connectivity index (χ3v) is 3.42. The van der Waals surface area contributed by atoms with Crippen LogP contribution in [0, 0.1) is 0 Å². The van der Waals surface area contributed by atoms with E-state index >= 15 is 0 Å². The van der Waals surface area contributed by atoms with Gasteiger partial charge < -0.3 is 15.0 Å². The van der Waals surface area contributed by atoms with Crippen molar-refractivity contribution in [1.82, 2.24) is 15.0 Å². The summed E-state index contributed by atoms with van der Waals surface area (Å²) in [4.78, 5) is 23.4. The summed E-state index contributed by atoms with van der Waals surface area (Å²) < 4.78 is 5.60. The lowest BCUT2D eigenvalue weighted by Gasteiger charge is -2.06. The van der Waals surface area contributed by atoms with Crippen molar-refractivity contribution in [2.24, 2.45) is 0 Å². The number of hydrogen-bond acceptors (Lipinski definition) is 5. The van der Waals surface area contributed by atoms with E-state index < -0.39 is 0 Å². The number of pyridine rings is 2. The summed E-state index contributed by atoms with van der Waals surface area (Å²) in [5.74, 6) is 0.461. The second-order valence-electron chi connectivity index (χ2n) is 4.99. The predicted molar refractivity (Wildman–Crippen MR) is 86.1 cm³/mol. The number of aromatic nitrogens is 3. The number of fused-ring (bicyclic) bond motifs is 1. The molecule has 0 saturated heterocycles. The molecule has 0 spiro atoms. The summed E-state index contributed by atoms with van der Waals surface area (Å²) in [6.45, 7) is 0. The monoisotopic (exact) mass is 304 g/mol. The Morgan fingerprint density at radius 2 is 2.13 bits per heavy atom. The maximum Gasteiger partial charge on any atom is 0.226 e. The number of ketones is 1. The largest absolute Gasteiger partial charge is 0.437 e. The highest BCUT2D eigenvalue weighted by atomic mass is 16.5. The van der Waals surface area contributed by atoms with Crippen molar-refractivity contribution in [2.45, 2.75) is 0 Å². The second kappa shape index (κ2) is 5.42. The molecule has 3 aromatic heterocycles. The van der Waals surface area contributed by atoms with Crippen molar-refractivity contribution < 1.29 is 9.53 Å². The van der Waals surface area contributed by atoms with Crippen molar-refractivity contribution in [3.05, 3.63) is 72.3 Å². The van der Waals surface area contributed by atoms with Gasteiger partial charge >= 0.3 is 0 Å². The Balaban J connectivity index is 1.58. The number of anilines is 1. The number of ether oxygens (including phenoxy) is 1. The lowest BCUT2D eigenvalue weighted by molar-refractivity contribution is -0.112. The molecule has 23 heavy (non-hydrogen) atoms. The molecule has 0 unspecified atom stereocenters. The first kappa shape index (κ1) is 13.3. The van der Waals surface area contributed by atoms with E-state index in [9.17, 15) is 4.79 Å². The summed E-state index contributed by atoms with van der Waals surface area (Å²) in [6, 6.07) is 7.43. The predicted octanol–water partition coefficient (Wildman–Crippen LogP) is 2.85. The Hall–Kier alpha value is -3.41. The fourth-order valence-corrected chi connectivity index (χ4v) is 2.37. The molecule has 4 rings (SSSR count). The van der Waals surface area contributed by atoms with E-state index in [-0.39, 0.29) is 11.5 Å². The van der Waals surface area contributed by atoms with Gasteiger partial charge in [0.15, 0.2) is 5.76 Å². The smallest absolute Gasteiger partial charge is 0.226 e. The van der Waals surface area contributed by atoms with Crippen molar-refractivity contribution >= 4 is 28.6 Å². The van der Waals surface area contributed by atoms with Crippen LogP contribution >= 0.6 is 0 Å². The van der Waals surface area contributed by atoms with E-state index in [4.69, 9.17) is 4.74 Å². The number of H-pyrrole nitrogens is 1. The summed E-state index contributed by atoms with van der Waals surface area (Å²) >= 11 is 0. The molecule has 0 radical (unpaired) electrons. The van der Waals surface area contributed by atoms with E-state index in [0.29, 0.717) is 5.88 Å². The first-order valence-corrected chi connectivity index (χ1v) is 7.04. The normalized spacial score (nSPS) is 15.7. The molecule has 0 aliphatic carbocycles. The Morgan fingerprint density at radius 3 is 3.00 bits per heavy atom. The van der Waals surface area contributed by atoms with Crippen molar-refractivity contribution in [1.29, 1.82) is 0 Å². The van der Waals surface area contributed by atoms with Crippen LogP contribution in [0.15, 0.2) is 66.8 Å². The first-order chi connectivity index (χ1) is 11.3. The fourth-order valence-electron chi connectivity index (χ4n) is 2.37. The van der Waals surface area contributed by atoms with Gasteiger partial charge in [-0.15, -0.1) is 0 Å². The number of carbonyl (C=O) groups excluding carboxylic acids is 1. The van der Waals surface area contributed by atoms with Crippen LogP contribution in [-0.4, -0.2) is 20.7 Å². The van der Waals surface area contributed by atoms with Crippen molar-refractivity contribution in [2.75, 3.05) is 5.32 Å². The van der Waals surface area contributed by atoms with Crippen molar-refractivity contribution in [3.63, 3.8) is 0 Å². The van der Waals surface area contributed by atoms with Crippen LogP contribution in [0.5, 0.6) is 0 Å². The van der Waals surface area contributed by atoms with E-state index in [1.54, 1.807) is 36.9 Å². The molecule has 0 fully saturated rings. The molecule has 0 saturated carbocycles.